The van der Waals surface area contributed by atoms with Crippen LogP contribution in [-0.4, -0.2) is 49.3 Å². The van der Waals surface area contributed by atoms with Crippen molar-refractivity contribution >= 4 is 6.03 Å². The first-order chi connectivity index (χ1) is 6.56. The zero-order valence-electron chi connectivity index (χ0n) is 7.84. The van der Waals surface area contributed by atoms with Crippen LogP contribution in [0.5, 0.6) is 0 Å². The Morgan fingerprint density at radius 2 is 2.36 bits per heavy atom. The molecule has 0 aromatic rings. The zero-order chi connectivity index (χ0) is 10.7. The molecule has 0 spiro atoms. The predicted octanol–water partition coefficient (Wildman–Crippen LogP) is -2.29. The molecule has 0 aromatic heterocycles. The summed E-state index contributed by atoms with van der Waals surface area (Å²) in [6.45, 7) is 0.0800. The van der Waals surface area contributed by atoms with E-state index in [4.69, 9.17) is 20.9 Å². The highest BCUT2D eigenvalue weighted by atomic mass is 16.7. The van der Waals surface area contributed by atoms with Crippen molar-refractivity contribution < 1.29 is 19.4 Å². The maximum Gasteiger partial charge on any atom is 0.312 e. The number of hydrogen-bond donors (Lipinski definition) is 4. The molecule has 1 saturated heterocycles. The number of aliphatic hydroxyl groups is 1. The number of hydrogen-bond acceptors (Lipinski definition) is 5. The Hall–Kier alpha value is -0.890. The van der Waals surface area contributed by atoms with Crippen LogP contribution in [0.2, 0.25) is 0 Å². The Labute approximate surface area is 81.3 Å². The molecule has 2 amide bonds. The molecule has 0 aliphatic carbocycles. The van der Waals surface area contributed by atoms with Gasteiger partial charge in [-0.1, -0.05) is 0 Å². The summed E-state index contributed by atoms with van der Waals surface area (Å²) >= 11 is 0. The first-order valence-electron chi connectivity index (χ1n) is 4.20. The number of amides is 2. The van der Waals surface area contributed by atoms with Gasteiger partial charge in [-0.15, -0.1) is 0 Å². The lowest BCUT2D eigenvalue weighted by Crippen LogP contribution is -2.64. The first kappa shape index (κ1) is 11.2. The summed E-state index contributed by atoms with van der Waals surface area (Å²) in [5, 5.41) is 11.7. The van der Waals surface area contributed by atoms with E-state index in [0.717, 1.165) is 0 Å². The minimum atomic E-state index is -0.835. The summed E-state index contributed by atoms with van der Waals surface area (Å²) in [5.74, 6) is 0. The molecule has 1 aliphatic rings. The highest BCUT2D eigenvalue weighted by Gasteiger charge is 2.38. The number of nitrogens with two attached hydrogens (primary N) is 2. The predicted molar refractivity (Wildman–Crippen MR) is 47.2 cm³/mol. The van der Waals surface area contributed by atoms with Crippen LogP contribution in [0, 0.1) is 0 Å². The lowest BCUT2D eigenvalue weighted by atomic mass is 10.0. The average Bonchev–Trinajstić information content (AvgIpc) is 2.13. The minimum Gasteiger partial charge on any atom is -0.389 e. The Morgan fingerprint density at radius 1 is 1.71 bits per heavy atom. The molecule has 1 heterocycles. The first-order valence-corrected chi connectivity index (χ1v) is 4.20. The molecule has 1 fully saturated rings. The quantitative estimate of drug-likeness (QED) is 0.404. The minimum absolute atomic E-state index is 0.0800. The van der Waals surface area contributed by atoms with Crippen molar-refractivity contribution in [2.45, 2.75) is 24.5 Å². The standard InChI is InChI=1S/C7H15N3O4/c1-13-6-5(10-7(9)12)4(8)3(11)2-14-6/h3-6,11H,2,8H2,1H3,(H3,9,10,12). The van der Waals surface area contributed by atoms with Crippen LogP contribution in [0.3, 0.4) is 0 Å². The van der Waals surface area contributed by atoms with Gasteiger partial charge in [-0.2, -0.15) is 0 Å². The van der Waals surface area contributed by atoms with Gasteiger partial charge in [-0.25, -0.2) is 4.79 Å². The van der Waals surface area contributed by atoms with Crippen LogP contribution in [-0.2, 0) is 9.47 Å². The number of carbonyl (C=O) groups excluding carboxylic acids is 1. The summed E-state index contributed by atoms with van der Waals surface area (Å²) in [6, 6.07) is -2.02. The topological polar surface area (TPSA) is 120 Å². The summed E-state index contributed by atoms with van der Waals surface area (Å²) < 4.78 is 10.0. The molecular formula is C7H15N3O4. The highest BCUT2D eigenvalue weighted by Crippen LogP contribution is 2.14. The van der Waals surface area contributed by atoms with E-state index in [1.54, 1.807) is 0 Å². The summed E-state index contributed by atoms with van der Waals surface area (Å²) in [7, 11) is 1.42. The second-order valence-electron chi connectivity index (χ2n) is 3.12. The normalized spacial score (nSPS) is 37.9. The molecule has 0 bridgehead atoms. The third-order valence-corrected chi connectivity index (χ3v) is 2.12. The fourth-order valence-electron chi connectivity index (χ4n) is 1.37. The van der Waals surface area contributed by atoms with Gasteiger partial charge in [-0.05, 0) is 0 Å². The molecule has 4 unspecified atom stereocenters. The van der Waals surface area contributed by atoms with Gasteiger partial charge in [0.25, 0.3) is 0 Å². The van der Waals surface area contributed by atoms with Crippen molar-refractivity contribution in [1.82, 2.24) is 5.32 Å². The van der Waals surface area contributed by atoms with E-state index >= 15 is 0 Å². The summed E-state index contributed by atoms with van der Waals surface area (Å²) in [4.78, 5) is 10.6. The lowest BCUT2D eigenvalue weighted by Gasteiger charge is -2.38. The molecule has 0 aromatic carbocycles. The molecule has 1 rings (SSSR count). The van der Waals surface area contributed by atoms with Crippen LogP contribution in [0.1, 0.15) is 0 Å². The van der Waals surface area contributed by atoms with Crippen molar-refractivity contribution in [3.8, 4) is 0 Å². The fourth-order valence-corrected chi connectivity index (χ4v) is 1.37. The molecular weight excluding hydrogens is 190 g/mol. The molecule has 1 aliphatic heterocycles. The molecule has 82 valence electrons. The van der Waals surface area contributed by atoms with Crippen molar-refractivity contribution in [3.05, 3.63) is 0 Å². The van der Waals surface area contributed by atoms with Crippen molar-refractivity contribution in [3.63, 3.8) is 0 Å². The molecule has 14 heavy (non-hydrogen) atoms. The summed E-state index contributed by atoms with van der Waals surface area (Å²) in [5.41, 5.74) is 10.6. The van der Waals surface area contributed by atoms with Crippen LogP contribution in [0.4, 0.5) is 4.79 Å². The second-order valence-corrected chi connectivity index (χ2v) is 3.12. The lowest BCUT2D eigenvalue weighted by molar-refractivity contribution is -0.192. The van der Waals surface area contributed by atoms with E-state index in [-0.39, 0.29) is 6.61 Å². The van der Waals surface area contributed by atoms with Gasteiger partial charge in [0.15, 0.2) is 6.29 Å². The van der Waals surface area contributed by atoms with Gasteiger partial charge in [0.1, 0.15) is 0 Å². The van der Waals surface area contributed by atoms with Gasteiger partial charge in [0.2, 0.25) is 0 Å². The van der Waals surface area contributed by atoms with E-state index in [9.17, 15) is 9.90 Å². The third-order valence-electron chi connectivity index (χ3n) is 2.12. The van der Waals surface area contributed by atoms with Crippen LogP contribution in [0.25, 0.3) is 0 Å². The van der Waals surface area contributed by atoms with Crippen LogP contribution < -0.4 is 16.8 Å². The number of urea groups is 1. The van der Waals surface area contributed by atoms with Crippen LogP contribution in [0.15, 0.2) is 0 Å². The molecule has 0 radical (unpaired) electrons. The van der Waals surface area contributed by atoms with Gasteiger partial charge in [0.05, 0.1) is 24.8 Å². The maximum atomic E-state index is 10.6. The smallest absolute Gasteiger partial charge is 0.312 e. The number of primary amides is 1. The number of ether oxygens (including phenoxy) is 2. The Bertz CT molecular complexity index is 211. The van der Waals surface area contributed by atoms with Gasteiger partial charge in [0, 0.05) is 7.11 Å². The van der Waals surface area contributed by atoms with Crippen molar-refractivity contribution in [2.24, 2.45) is 11.5 Å². The zero-order valence-corrected chi connectivity index (χ0v) is 7.84. The average molecular weight is 205 g/mol. The van der Waals surface area contributed by atoms with E-state index < -0.39 is 30.5 Å². The fraction of sp³-hybridized carbons (Fsp3) is 0.857. The molecule has 4 atom stereocenters. The van der Waals surface area contributed by atoms with Gasteiger partial charge >= 0.3 is 6.03 Å². The third kappa shape index (κ3) is 2.32. The van der Waals surface area contributed by atoms with E-state index in [1.807, 2.05) is 0 Å². The Kier molecular flexibility index (Phi) is 3.64. The van der Waals surface area contributed by atoms with Crippen LogP contribution >= 0.6 is 0 Å². The summed E-state index contributed by atoms with van der Waals surface area (Å²) in [6.07, 6.45) is -1.51. The molecule has 7 nitrogen and oxygen atoms in total. The number of methoxy groups -OCH3 is 1. The van der Waals surface area contributed by atoms with E-state index in [0.29, 0.717) is 0 Å². The Morgan fingerprint density at radius 3 is 2.86 bits per heavy atom. The van der Waals surface area contributed by atoms with E-state index in [2.05, 4.69) is 5.32 Å². The second kappa shape index (κ2) is 4.56. The molecule has 7 heteroatoms. The molecule has 0 saturated carbocycles. The number of carbonyl (C=O) groups is 1. The SMILES string of the molecule is COC1OCC(O)C(N)C1NC(N)=O. The number of nitrogens with one attached hydrogen (secondary N) is 1. The maximum absolute atomic E-state index is 10.6. The van der Waals surface area contributed by atoms with E-state index in [1.165, 1.54) is 7.11 Å². The molecule has 6 N–H and O–H groups in total. The largest absolute Gasteiger partial charge is 0.389 e. The monoisotopic (exact) mass is 205 g/mol. The highest BCUT2D eigenvalue weighted by molar-refractivity contribution is 5.72. The number of aliphatic hydroxyl groups excluding tert-OH is 1. The van der Waals surface area contributed by atoms with Crippen molar-refractivity contribution in [2.75, 3.05) is 13.7 Å². The number of rotatable bonds is 2. The Balaban J connectivity index is 2.66. The van der Waals surface area contributed by atoms with Gasteiger partial charge < -0.3 is 31.4 Å². The van der Waals surface area contributed by atoms with Crippen molar-refractivity contribution in [1.29, 1.82) is 0 Å². The van der Waals surface area contributed by atoms with Gasteiger partial charge in [-0.3, -0.25) is 0 Å².